The van der Waals surface area contributed by atoms with Gasteiger partial charge in [0.05, 0.1) is 21.5 Å². The molecule has 2 aromatic carbocycles. The van der Waals surface area contributed by atoms with E-state index in [1.807, 2.05) is 20.8 Å². The number of amides is 2. The van der Waals surface area contributed by atoms with Gasteiger partial charge < -0.3 is 10.2 Å². The molecule has 0 fully saturated rings. The number of nitrogens with zero attached hydrogens (tertiary/aromatic N) is 2. The van der Waals surface area contributed by atoms with Crippen LogP contribution in [-0.4, -0.2) is 54.6 Å². The highest BCUT2D eigenvalue weighted by molar-refractivity contribution is 7.89. The van der Waals surface area contributed by atoms with E-state index >= 15 is 0 Å². The fourth-order valence-electron chi connectivity index (χ4n) is 3.36. The summed E-state index contributed by atoms with van der Waals surface area (Å²) >= 11 is 18.0. The topological polar surface area (TPSA) is 86.8 Å². The van der Waals surface area contributed by atoms with E-state index in [9.17, 15) is 18.0 Å². The molecule has 0 unspecified atom stereocenters. The van der Waals surface area contributed by atoms with Gasteiger partial charge in [-0.3, -0.25) is 9.59 Å². The predicted octanol–water partition coefficient (Wildman–Crippen LogP) is 4.99. The quantitative estimate of drug-likeness (QED) is 0.467. The van der Waals surface area contributed by atoms with Gasteiger partial charge in [0, 0.05) is 24.2 Å². The van der Waals surface area contributed by atoms with Crippen LogP contribution in [0.1, 0.15) is 39.7 Å². The number of halogens is 3. The summed E-state index contributed by atoms with van der Waals surface area (Å²) in [6, 6.07) is 9.77. The van der Waals surface area contributed by atoms with Crippen LogP contribution in [0.3, 0.4) is 0 Å². The molecule has 0 saturated carbocycles. The average Bonchev–Trinajstić information content (AvgIpc) is 2.75. The van der Waals surface area contributed by atoms with Gasteiger partial charge >= 0.3 is 0 Å². The molecule has 0 radical (unpaired) electrons. The zero-order chi connectivity index (χ0) is 26.6. The van der Waals surface area contributed by atoms with E-state index in [0.717, 1.165) is 4.31 Å². The van der Waals surface area contributed by atoms with Crippen LogP contribution in [0.25, 0.3) is 0 Å². The van der Waals surface area contributed by atoms with Crippen molar-refractivity contribution in [2.24, 2.45) is 0 Å². The highest BCUT2D eigenvalue weighted by Crippen LogP contribution is 2.25. The first-order chi connectivity index (χ1) is 16.2. The first kappa shape index (κ1) is 29.4. The Hall–Kier alpha value is -1.84. The Balaban J connectivity index is 2.37. The monoisotopic (exact) mass is 561 g/mol. The van der Waals surface area contributed by atoms with Gasteiger partial charge in [0.2, 0.25) is 21.8 Å². The van der Waals surface area contributed by atoms with Crippen molar-refractivity contribution in [3.8, 4) is 0 Å². The molecule has 0 aliphatic carbocycles. The molecule has 192 valence electrons. The van der Waals surface area contributed by atoms with Crippen LogP contribution < -0.4 is 5.32 Å². The molecule has 2 aromatic rings. The third-order valence-electron chi connectivity index (χ3n) is 5.10. The molecule has 0 spiro atoms. The normalized spacial score (nSPS) is 12.9. The Morgan fingerprint density at radius 2 is 1.60 bits per heavy atom. The number of benzene rings is 2. The average molecular weight is 563 g/mol. The van der Waals surface area contributed by atoms with Crippen LogP contribution in [0.5, 0.6) is 0 Å². The van der Waals surface area contributed by atoms with Crippen molar-refractivity contribution in [1.82, 2.24) is 14.5 Å². The van der Waals surface area contributed by atoms with E-state index in [-0.39, 0.29) is 17.3 Å². The highest BCUT2D eigenvalue weighted by atomic mass is 35.5. The molecule has 7 nitrogen and oxygen atoms in total. The Morgan fingerprint density at radius 1 is 1.00 bits per heavy atom. The predicted molar refractivity (Wildman–Crippen MR) is 140 cm³/mol. The van der Waals surface area contributed by atoms with E-state index in [1.165, 1.54) is 36.2 Å². The third-order valence-corrected chi connectivity index (χ3v) is 7.91. The standard InChI is InChI=1S/C24H30Cl3N3O4S/c1-6-21(23(32)28-24(2,3)4)30(14-16-7-12-19(26)20(27)13-16)22(31)15-29(5)35(33,34)18-10-8-17(25)9-11-18/h7-13,21H,6,14-15H2,1-5H3,(H,28,32)/t21-/m0/s1. The molecule has 0 aliphatic heterocycles. The largest absolute Gasteiger partial charge is 0.350 e. The van der Waals surface area contributed by atoms with Gasteiger partial charge in [-0.25, -0.2) is 8.42 Å². The first-order valence-electron chi connectivity index (χ1n) is 10.9. The summed E-state index contributed by atoms with van der Waals surface area (Å²) in [7, 11) is -2.65. The molecule has 0 aliphatic rings. The highest BCUT2D eigenvalue weighted by Gasteiger charge is 2.33. The summed E-state index contributed by atoms with van der Waals surface area (Å²) in [5, 5.41) is 3.97. The van der Waals surface area contributed by atoms with Crippen molar-refractivity contribution in [2.75, 3.05) is 13.6 Å². The number of rotatable bonds is 9. The van der Waals surface area contributed by atoms with Gasteiger partial charge in [-0.2, -0.15) is 4.31 Å². The van der Waals surface area contributed by atoms with E-state index < -0.39 is 34.1 Å². The lowest BCUT2D eigenvalue weighted by atomic mass is 10.1. The maximum atomic E-state index is 13.5. The molecule has 0 saturated heterocycles. The molecule has 2 rings (SSSR count). The molecule has 0 heterocycles. The van der Waals surface area contributed by atoms with Crippen molar-refractivity contribution in [2.45, 2.75) is 57.1 Å². The van der Waals surface area contributed by atoms with Gasteiger partial charge in [-0.15, -0.1) is 0 Å². The van der Waals surface area contributed by atoms with E-state index in [0.29, 0.717) is 27.1 Å². The minimum absolute atomic E-state index is 0.00532. The van der Waals surface area contributed by atoms with Gasteiger partial charge in [-0.05, 0) is 69.2 Å². The molecule has 2 amide bonds. The summed E-state index contributed by atoms with van der Waals surface area (Å²) in [5.74, 6) is -0.872. The smallest absolute Gasteiger partial charge is 0.243 e. The van der Waals surface area contributed by atoms with Crippen LogP contribution in [-0.2, 0) is 26.2 Å². The lowest BCUT2D eigenvalue weighted by molar-refractivity contribution is -0.142. The van der Waals surface area contributed by atoms with Crippen molar-refractivity contribution in [3.05, 3.63) is 63.1 Å². The van der Waals surface area contributed by atoms with Gasteiger partial charge in [-0.1, -0.05) is 47.8 Å². The zero-order valence-electron chi connectivity index (χ0n) is 20.3. The number of likely N-dealkylation sites (N-methyl/N-ethyl adjacent to an activating group) is 1. The number of hydrogen-bond donors (Lipinski definition) is 1. The van der Waals surface area contributed by atoms with Crippen molar-refractivity contribution >= 4 is 56.6 Å². The number of carbonyl (C=O) groups excluding carboxylic acids is 2. The molecular weight excluding hydrogens is 533 g/mol. The van der Waals surface area contributed by atoms with Crippen LogP contribution >= 0.6 is 34.8 Å². The lowest BCUT2D eigenvalue weighted by Gasteiger charge is -2.34. The molecule has 1 atom stereocenters. The SMILES string of the molecule is CC[C@@H](C(=O)NC(C)(C)C)N(Cc1ccc(Cl)c(Cl)c1)C(=O)CN(C)S(=O)(=O)c1ccc(Cl)cc1. The number of hydrogen-bond acceptors (Lipinski definition) is 4. The van der Waals surface area contributed by atoms with E-state index in [2.05, 4.69) is 5.32 Å². The van der Waals surface area contributed by atoms with Crippen LogP contribution in [0, 0.1) is 0 Å². The Morgan fingerprint density at radius 3 is 2.11 bits per heavy atom. The molecule has 0 aromatic heterocycles. The Kier molecular flexibility index (Phi) is 10.0. The van der Waals surface area contributed by atoms with Crippen molar-refractivity contribution in [3.63, 3.8) is 0 Å². The second kappa shape index (κ2) is 11.9. The fraction of sp³-hybridized carbons (Fsp3) is 0.417. The van der Waals surface area contributed by atoms with Gasteiger partial charge in [0.25, 0.3) is 0 Å². The third kappa shape index (κ3) is 8.08. The minimum atomic E-state index is -3.96. The van der Waals surface area contributed by atoms with Gasteiger partial charge in [0.15, 0.2) is 0 Å². The van der Waals surface area contributed by atoms with E-state index in [1.54, 1.807) is 25.1 Å². The lowest BCUT2D eigenvalue weighted by Crippen LogP contribution is -2.55. The fourth-order valence-corrected chi connectivity index (χ4v) is 4.93. The van der Waals surface area contributed by atoms with Crippen LogP contribution in [0.2, 0.25) is 15.1 Å². The summed E-state index contributed by atoms with van der Waals surface area (Å²) in [6.07, 6.45) is 0.322. The molecule has 35 heavy (non-hydrogen) atoms. The maximum absolute atomic E-state index is 13.5. The summed E-state index contributed by atoms with van der Waals surface area (Å²) in [5.41, 5.74) is 0.135. The second-order valence-corrected chi connectivity index (χ2v) is 12.4. The first-order valence-corrected chi connectivity index (χ1v) is 13.5. The summed E-state index contributed by atoms with van der Waals surface area (Å²) < 4.78 is 27.0. The summed E-state index contributed by atoms with van der Waals surface area (Å²) in [6.45, 7) is 6.89. The maximum Gasteiger partial charge on any atom is 0.243 e. The Bertz CT molecular complexity index is 1170. The molecular formula is C24H30Cl3N3O4S. The van der Waals surface area contributed by atoms with Gasteiger partial charge in [0.1, 0.15) is 6.04 Å². The molecule has 11 heteroatoms. The van der Waals surface area contributed by atoms with Crippen molar-refractivity contribution < 1.29 is 18.0 Å². The number of carbonyl (C=O) groups is 2. The van der Waals surface area contributed by atoms with Crippen LogP contribution in [0.15, 0.2) is 47.4 Å². The Labute approximate surface area is 222 Å². The molecule has 0 bridgehead atoms. The minimum Gasteiger partial charge on any atom is -0.350 e. The zero-order valence-corrected chi connectivity index (χ0v) is 23.4. The number of sulfonamides is 1. The summed E-state index contributed by atoms with van der Waals surface area (Å²) in [4.78, 5) is 27.9. The van der Waals surface area contributed by atoms with Crippen molar-refractivity contribution in [1.29, 1.82) is 0 Å². The van der Waals surface area contributed by atoms with Crippen LogP contribution in [0.4, 0.5) is 0 Å². The van der Waals surface area contributed by atoms with E-state index in [4.69, 9.17) is 34.8 Å². The number of nitrogens with one attached hydrogen (secondary N) is 1. The second-order valence-electron chi connectivity index (χ2n) is 9.15. The molecule has 1 N–H and O–H groups in total.